The topological polar surface area (TPSA) is 60.0 Å². The number of nitrogens with one attached hydrogen (secondary N) is 1. The van der Waals surface area contributed by atoms with Gasteiger partial charge in [-0.3, -0.25) is 0 Å². The molecule has 5 heteroatoms. The van der Waals surface area contributed by atoms with Gasteiger partial charge in [-0.15, -0.1) is 0 Å². The standard InChI is InChI=1S/C16H27NO4/c1-3-10-20-11-6-9-17-12-14(18)13-21-16-8-5-4-7-15(16)19-2/h4-5,7-8,14,17-18H,3,6,9-13H2,1-2H3. The van der Waals surface area contributed by atoms with Crippen molar-refractivity contribution in [3.63, 3.8) is 0 Å². The van der Waals surface area contributed by atoms with Gasteiger partial charge in [0.1, 0.15) is 12.7 Å². The second kappa shape index (κ2) is 11.4. The van der Waals surface area contributed by atoms with Crippen molar-refractivity contribution < 1.29 is 19.3 Å². The van der Waals surface area contributed by atoms with E-state index in [0.717, 1.165) is 32.6 Å². The summed E-state index contributed by atoms with van der Waals surface area (Å²) < 4.78 is 16.1. The van der Waals surface area contributed by atoms with Crippen LogP contribution < -0.4 is 14.8 Å². The predicted molar refractivity (Wildman–Crippen MR) is 83.1 cm³/mol. The van der Waals surface area contributed by atoms with Crippen molar-refractivity contribution in [3.8, 4) is 11.5 Å². The Bertz CT molecular complexity index is 373. The number of methoxy groups -OCH3 is 1. The minimum atomic E-state index is -0.550. The lowest BCUT2D eigenvalue weighted by atomic mass is 10.3. The van der Waals surface area contributed by atoms with Crippen molar-refractivity contribution in [1.82, 2.24) is 5.32 Å². The number of aliphatic hydroxyl groups excluding tert-OH is 1. The molecule has 2 N–H and O–H groups in total. The van der Waals surface area contributed by atoms with Crippen molar-refractivity contribution in [3.05, 3.63) is 24.3 Å². The number of hydrogen-bond donors (Lipinski definition) is 2. The first-order valence-corrected chi connectivity index (χ1v) is 7.50. The Balaban J connectivity index is 2.09. The molecular weight excluding hydrogens is 270 g/mol. The van der Waals surface area contributed by atoms with Crippen molar-refractivity contribution >= 4 is 0 Å². The first-order chi connectivity index (χ1) is 10.3. The fourth-order valence-corrected chi connectivity index (χ4v) is 1.80. The zero-order valence-corrected chi connectivity index (χ0v) is 13.0. The van der Waals surface area contributed by atoms with Crippen LogP contribution in [-0.4, -0.2) is 51.2 Å². The Hall–Kier alpha value is -1.30. The van der Waals surface area contributed by atoms with Crippen molar-refractivity contribution in [2.45, 2.75) is 25.9 Å². The van der Waals surface area contributed by atoms with Crippen LogP contribution in [0.1, 0.15) is 19.8 Å². The number of rotatable bonds is 12. The van der Waals surface area contributed by atoms with E-state index in [1.54, 1.807) is 7.11 Å². The highest BCUT2D eigenvalue weighted by molar-refractivity contribution is 5.39. The Labute approximate surface area is 127 Å². The summed E-state index contributed by atoms with van der Waals surface area (Å²) in [5.74, 6) is 1.32. The van der Waals surface area contributed by atoms with E-state index in [1.807, 2.05) is 24.3 Å². The molecule has 0 heterocycles. The highest BCUT2D eigenvalue weighted by atomic mass is 16.5. The summed E-state index contributed by atoms with van der Waals surface area (Å²) >= 11 is 0. The van der Waals surface area contributed by atoms with E-state index in [2.05, 4.69) is 12.2 Å². The molecule has 1 rings (SSSR count). The highest BCUT2D eigenvalue weighted by Crippen LogP contribution is 2.25. The zero-order chi connectivity index (χ0) is 15.3. The van der Waals surface area contributed by atoms with Crippen LogP contribution in [0.3, 0.4) is 0 Å². The molecule has 1 atom stereocenters. The smallest absolute Gasteiger partial charge is 0.161 e. The van der Waals surface area contributed by atoms with Gasteiger partial charge in [0.05, 0.1) is 7.11 Å². The molecule has 1 unspecified atom stereocenters. The lowest BCUT2D eigenvalue weighted by Crippen LogP contribution is -2.32. The van der Waals surface area contributed by atoms with Crippen LogP contribution in [0.4, 0.5) is 0 Å². The summed E-state index contributed by atoms with van der Waals surface area (Å²) in [7, 11) is 1.60. The zero-order valence-electron chi connectivity index (χ0n) is 13.0. The molecule has 0 aliphatic heterocycles. The molecule has 1 aromatic carbocycles. The maximum atomic E-state index is 9.86. The molecule has 120 valence electrons. The summed E-state index contributed by atoms with van der Waals surface area (Å²) in [4.78, 5) is 0. The van der Waals surface area contributed by atoms with E-state index < -0.39 is 6.10 Å². The van der Waals surface area contributed by atoms with Gasteiger partial charge in [0.2, 0.25) is 0 Å². The molecular formula is C16H27NO4. The molecule has 0 radical (unpaired) electrons. The van der Waals surface area contributed by atoms with Crippen molar-refractivity contribution in [2.24, 2.45) is 0 Å². The van der Waals surface area contributed by atoms with Crippen LogP contribution >= 0.6 is 0 Å². The molecule has 0 aliphatic carbocycles. The van der Waals surface area contributed by atoms with Crippen LogP contribution in [0.5, 0.6) is 11.5 Å². The summed E-state index contributed by atoms with van der Waals surface area (Å²) in [5.41, 5.74) is 0. The van der Waals surface area contributed by atoms with Crippen molar-refractivity contribution in [2.75, 3.05) is 40.0 Å². The van der Waals surface area contributed by atoms with Gasteiger partial charge in [0, 0.05) is 19.8 Å². The van der Waals surface area contributed by atoms with Crippen LogP contribution in [0.15, 0.2) is 24.3 Å². The first-order valence-electron chi connectivity index (χ1n) is 7.50. The van der Waals surface area contributed by atoms with Crippen LogP contribution in [0, 0.1) is 0 Å². The molecule has 0 aliphatic rings. The van der Waals surface area contributed by atoms with Crippen LogP contribution in [-0.2, 0) is 4.74 Å². The molecule has 0 amide bonds. The number of ether oxygens (including phenoxy) is 3. The Kier molecular flexibility index (Phi) is 9.61. The fraction of sp³-hybridized carbons (Fsp3) is 0.625. The van der Waals surface area contributed by atoms with Gasteiger partial charge < -0.3 is 24.6 Å². The lowest BCUT2D eigenvalue weighted by Gasteiger charge is -2.15. The SMILES string of the molecule is CCCOCCCNCC(O)COc1ccccc1OC. The summed E-state index contributed by atoms with van der Waals surface area (Å²) in [6.45, 7) is 5.23. The van der Waals surface area contributed by atoms with Gasteiger partial charge in [-0.2, -0.15) is 0 Å². The second-order valence-corrected chi connectivity index (χ2v) is 4.79. The Morgan fingerprint density at radius 3 is 2.67 bits per heavy atom. The third-order valence-electron chi connectivity index (χ3n) is 2.87. The minimum Gasteiger partial charge on any atom is -0.493 e. The number of hydrogen-bond acceptors (Lipinski definition) is 5. The number of para-hydroxylation sites is 2. The average Bonchev–Trinajstić information content (AvgIpc) is 2.52. The monoisotopic (exact) mass is 297 g/mol. The maximum Gasteiger partial charge on any atom is 0.161 e. The molecule has 21 heavy (non-hydrogen) atoms. The molecule has 0 fully saturated rings. The summed E-state index contributed by atoms with van der Waals surface area (Å²) in [5, 5.41) is 13.0. The number of aliphatic hydroxyl groups is 1. The Morgan fingerprint density at radius 2 is 1.95 bits per heavy atom. The van der Waals surface area contributed by atoms with E-state index in [1.165, 1.54) is 0 Å². The fourth-order valence-electron chi connectivity index (χ4n) is 1.80. The molecule has 0 saturated carbocycles. The summed E-state index contributed by atoms with van der Waals surface area (Å²) in [6.07, 6.45) is 1.44. The lowest BCUT2D eigenvalue weighted by molar-refractivity contribution is 0.102. The van der Waals surface area contributed by atoms with E-state index in [4.69, 9.17) is 14.2 Å². The Morgan fingerprint density at radius 1 is 1.19 bits per heavy atom. The van der Waals surface area contributed by atoms with Gasteiger partial charge in [-0.25, -0.2) is 0 Å². The normalized spacial score (nSPS) is 12.1. The quantitative estimate of drug-likeness (QED) is 0.577. The largest absolute Gasteiger partial charge is 0.493 e. The molecule has 0 bridgehead atoms. The minimum absolute atomic E-state index is 0.236. The van der Waals surface area contributed by atoms with E-state index in [0.29, 0.717) is 18.0 Å². The van der Waals surface area contributed by atoms with Gasteiger partial charge in [0.15, 0.2) is 11.5 Å². The molecule has 5 nitrogen and oxygen atoms in total. The number of benzene rings is 1. The van der Waals surface area contributed by atoms with Gasteiger partial charge in [0.25, 0.3) is 0 Å². The highest BCUT2D eigenvalue weighted by Gasteiger charge is 2.07. The average molecular weight is 297 g/mol. The molecule has 1 aromatic rings. The van der Waals surface area contributed by atoms with Crippen molar-refractivity contribution in [1.29, 1.82) is 0 Å². The third-order valence-corrected chi connectivity index (χ3v) is 2.87. The van der Waals surface area contributed by atoms with E-state index in [9.17, 15) is 5.11 Å². The summed E-state index contributed by atoms with van der Waals surface area (Å²) in [6, 6.07) is 7.41. The van der Waals surface area contributed by atoms with Crippen LogP contribution in [0.2, 0.25) is 0 Å². The third kappa shape index (κ3) is 7.90. The second-order valence-electron chi connectivity index (χ2n) is 4.79. The maximum absolute atomic E-state index is 9.86. The van der Waals surface area contributed by atoms with Gasteiger partial charge >= 0.3 is 0 Å². The van der Waals surface area contributed by atoms with Crippen LogP contribution in [0.25, 0.3) is 0 Å². The molecule has 0 aromatic heterocycles. The predicted octanol–water partition coefficient (Wildman–Crippen LogP) is 1.84. The van der Waals surface area contributed by atoms with E-state index in [-0.39, 0.29) is 6.61 Å². The molecule has 0 spiro atoms. The van der Waals surface area contributed by atoms with E-state index >= 15 is 0 Å². The van der Waals surface area contributed by atoms with Gasteiger partial charge in [-0.05, 0) is 31.5 Å². The first kappa shape index (κ1) is 17.8. The molecule has 0 saturated heterocycles. The van der Waals surface area contributed by atoms with Gasteiger partial charge in [-0.1, -0.05) is 19.1 Å².